The second-order valence-electron chi connectivity index (χ2n) is 6.26. The SMILES string of the molecule is COc1ccc(Cc2nc(C(=O)Nc3ccc(C(=O)NCC(=O)O)cc3)cs2)cc1. The highest BCUT2D eigenvalue weighted by atomic mass is 32.1. The number of carboxylic acid groups (broad SMARTS) is 1. The second kappa shape index (κ2) is 9.66. The first-order chi connectivity index (χ1) is 14.4. The fourth-order valence-electron chi connectivity index (χ4n) is 2.57. The summed E-state index contributed by atoms with van der Waals surface area (Å²) in [5.74, 6) is -1.20. The minimum absolute atomic E-state index is 0.296. The zero-order valence-corrected chi connectivity index (χ0v) is 16.9. The Balaban J connectivity index is 1.58. The number of aliphatic carboxylic acids is 1. The molecule has 9 heteroatoms. The molecule has 1 aromatic heterocycles. The van der Waals surface area contributed by atoms with Crippen molar-refractivity contribution in [2.75, 3.05) is 19.0 Å². The number of ether oxygens (including phenoxy) is 1. The van der Waals surface area contributed by atoms with Crippen LogP contribution in [0.5, 0.6) is 5.75 Å². The Hall–Kier alpha value is -3.72. The van der Waals surface area contributed by atoms with Crippen molar-refractivity contribution in [3.05, 3.63) is 75.7 Å². The molecule has 8 nitrogen and oxygen atoms in total. The Morgan fingerprint density at radius 3 is 2.37 bits per heavy atom. The van der Waals surface area contributed by atoms with Gasteiger partial charge in [-0.25, -0.2) is 4.98 Å². The van der Waals surface area contributed by atoms with Gasteiger partial charge in [-0.2, -0.15) is 0 Å². The lowest BCUT2D eigenvalue weighted by molar-refractivity contribution is -0.135. The van der Waals surface area contributed by atoms with E-state index >= 15 is 0 Å². The van der Waals surface area contributed by atoms with Crippen molar-refractivity contribution >= 4 is 34.8 Å². The molecule has 0 aliphatic carbocycles. The summed E-state index contributed by atoms with van der Waals surface area (Å²) in [4.78, 5) is 39.1. The Morgan fingerprint density at radius 1 is 1.03 bits per heavy atom. The van der Waals surface area contributed by atoms with Gasteiger partial charge in [-0.05, 0) is 42.0 Å². The lowest BCUT2D eigenvalue weighted by Gasteiger charge is -2.06. The van der Waals surface area contributed by atoms with Gasteiger partial charge in [0.15, 0.2) is 0 Å². The van der Waals surface area contributed by atoms with Gasteiger partial charge < -0.3 is 20.5 Å². The van der Waals surface area contributed by atoms with Crippen molar-refractivity contribution in [1.82, 2.24) is 10.3 Å². The molecule has 0 saturated carbocycles. The molecule has 1 heterocycles. The lowest BCUT2D eigenvalue weighted by atomic mass is 10.1. The maximum absolute atomic E-state index is 12.4. The molecule has 0 bridgehead atoms. The molecular weight excluding hydrogens is 406 g/mol. The fraction of sp³-hybridized carbons (Fsp3) is 0.143. The number of hydrogen-bond acceptors (Lipinski definition) is 6. The number of rotatable bonds is 8. The molecule has 2 aromatic carbocycles. The zero-order valence-electron chi connectivity index (χ0n) is 16.0. The van der Waals surface area contributed by atoms with Crippen molar-refractivity contribution in [2.45, 2.75) is 6.42 Å². The molecule has 0 aliphatic heterocycles. The Morgan fingerprint density at radius 2 is 1.73 bits per heavy atom. The molecule has 0 spiro atoms. The highest BCUT2D eigenvalue weighted by Crippen LogP contribution is 2.19. The van der Waals surface area contributed by atoms with Crippen LogP contribution in [0.25, 0.3) is 0 Å². The fourth-order valence-corrected chi connectivity index (χ4v) is 3.38. The van der Waals surface area contributed by atoms with Crippen molar-refractivity contribution in [2.24, 2.45) is 0 Å². The van der Waals surface area contributed by atoms with E-state index in [-0.39, 0.29) is 5.91 Å². The third-order valence-corrected chi connectivity index (χ3v) is 4.95. The number of amides is 2. The first kappa shape index (κ1) is 21.0. The predicted octanol–water partition coefficient (Wildman–Crippen LogP) is 2.81. The number of thiazole rings is 1. The van der Waals surface area contributed by atoms with Gasteiger partial charge in [0.05, 0.1) is 12.1 Å². The van der Waals surface area contributed by atoms with Crippen molar-refractivity contribution in [3.63, 3.8) is 0 Å². The third kappa shape index (κ3) is 5.65. The van der Waals surface area contributed by atoms with E-state index in [4.69, 9.17) is 9.84 Å². The number of carbonyl (C=O) groups is 3. The zero-order chi connectivity index (χ0) is 21.5. The highest BCUT2D eigenvalue weighted by molar-refractivity contribution is 7.09. The molecule has 0 unspecified atom stereocenters. The smallest absolute Gasteiger partial charge is 0.322 e. The van der Waals surface area contributed by atoms with Crippen LogP contribution in [0.3, 0.4) is 0 Å². The number of nitrogens with zero attached hydrogens (tertiary/aromatic N) is 1. The highest BCUT2D eigenvalue weighted by Gasteiger charge is 2.13. The summed E-state index contributed by atoms with van der Waals surface area (Å²) < 4.78 is 5.14. The van der Waals surface area contributed by atoms with Crippen LogP contribution >= 0.6 is 11.3 Å². The van der Waals surface area contributed by atoms with Crippen LogP contribution in [0, 0.1) is 0 Å². The summed E-state index contributed by atoms with van der Waals surface area (Å²) >= 11 is 1.40. The van der Waals surface area contributed by atoms with E-state index in [1.54, 1.807) is 24.6 Å². The second-order valence-corrected chi connectivity index (χ2v) is 7.20. The molecule has 0 aliphatic rings. The van der Waals surface area contributed by atoms with Gasteiger partial charge in [0.25, 0.3) is 11.8 Å². The number of carbonyl (C=O) groups excluding carboxylic acids is 2. The molecule has 30 heavy (non-hydrogen) atoms. The van der Waals surface area contributed by atoms with Gasteiger partial charge in [0, 0.05) is 23.1 Å². The maximum Gasteiger partial charge on any atom is 0.322 e. The van der Waals surface area contributed by atoms with Crippen LogP contribution in [0.1, 0.15) is 31.4 Å². The van der Waals surface area contributed by atoms with Gasteiger partial charge in [-0.15, -0.1) is 11.3 Å². The van der Waals surface area contributed by atoms with E-state index in [1.165, 1.54) is 23.5 Å². The normalized spacial score (nSPS) is 10.3. The first-order valence-electron chi connectivity index (χ1n) is 8.93. The summed E-state index contributed by atoms with van der Waals surface area (Å²) in [6.45, 7) is -0.458. The molecule has 0 fully saturated rings. The van der Waals surface area contributed by atoms with Gasteiger partial charge in [0.2, 0.25) is 0 Å². The molecule has 3 aromatic rings. The number of nitrogens with one attached hydrogen (secondary N) is 2. The van der Waals surface area contributed by atoms with Crippen LogP contribution in [0.15, 0.2) is 53.9 Å². The lowest BCUT2D eigenvalue weighted by Crippen LogP contribution is -2.29. The molecule has 3 N–H and O–H groups in total. The predicted molar refractivity (Wildman–Crippen MR) is 112 cm³/mol. The minimum atomic E-state index is -1.12. The largest absolute Gasteiger partial charge is 0.497 e. The molecule has 3 rings (SSSR count). The number of hydrogen-bond donors (Lipinski definition) is 3. The Bertz CT molecular complexity index is 1050. The third-order valence-electron chi connectivity index (χ3n) is 4.10. The Kier molecular flexibility index (Phi) is 6.76. The first-order valence-corrected chi connectivity index (χ1v) is 9.81. The van der Waals surface area contributed by atoms with Crippen LogP contribution in [-0.4, -0.2) is 41.5 Å². The van der Waals surface area contributed by atoms with Crippen LogP contribution < -0.4 is 15.4 Å². The van der Waals surface area contributed by atoms with Crippen LogP contribution in [0.4, 0.5) is 5.69 Å². The van der Waals surface area contributed by atoms with Crippen LogP contribution in [-0.2, 0) is 11.2 Å². The molecule has 154 valence electrons. The van der Waals surface area contributed by atoms with Crippen molar-refractivity contribution in [1.29, 1.82) is 0 Å². The van der Waals surface area contributed by atoms with E-state index in [9.17, 15) is 14.4 Å². The number of methoxy groups -OCH3 is 1. The van der Waals surface area contributed by atoms with Gasteiger partial charge in [0.1, 0.15) is 18.0 Å². The van der Waals surface area contributed by atoms with E-state index in [0.717, 1.165) is 16.3 Å². The minimum Gasteiger partial charge on any atom is -0.497 e. The molecular formula is C21H19N3O5S. The van der Waals surface area contributed by atoms with E-state index in [2.05, 4.69) is 15.6 Å². The van der Waals surface area contributed by atoms with Gasteiger partial charge >= 0.3 is 5.97 Å². The number of carboxylic acids is 1. The standard InChI is InChI=1S/C21H19N3O5S/c1-29-16-8-2-13(3-9-16)10-18-24-17(12-30-18)21(28)23-15-6-4-14(5-7-15)20(27)22-11-19(25)26/h2-9,12H,10-11H2,1H3,(H,22,27)(H,23,28)(H,25,26). The summed E-state index contributed by atoms with van der Waals surface area (Å²) in [6, 6.07) is 13.8. The maximum atomic E-state index is 12.4. The van der Waals surface area contributed by atoms with Gasteiger partial charge in [-0.1, -0.05) is 12.1 Å². The number of anilines is 1. The summed E-state index contributed by atoms with van der Waals surface area (Å²) in [6.07, 6.45) is 0.613. The number of benzene rings is 2. The number of aromatic nitrogens is 1. The quantitative estimate of drug-likeness (QED) is 0.511. The monoisotopic (exact) mass is 425 g/mol. The molecule has 2 amide bonds. The molecule has 0 atom stereocenters. The molecule has 0 saturated heterocycles. The summed E-state index contributed by atoms with van der Waals surface area (Å²) in [5, 5.41) is 16.1. The average Bonchev–Trinajstić information content (AvgIpc) is 3.22. The molecule has 0 radical (unpaired) electrons. The van der Waals surface area contributed by atoms with Gasteiger partial charge in [-0.3, -0.25) is 14.4 Å². The van der Waals surface area contributed by atoms with E-state index in [1.807, 2.05) is 24.3 Å². The Labute approximate surface area is 176 Å². The summed E-state index contributed by atoms with van der Waals surface area (Å²) in [5.41, 5.74) is 2.17. The van der Waals surface area contributed by atoms with E-state index < -0.39 is 18.4 Å². The topological polar surface area (TPSA) is 118 Å². The van der Waals surface area contributed by atoms with E-state index in [0.29, 0.717) is 23.4 Å². The van der Waals surface area contributed by atoms with Crippen molar-refractivity contribution in [3.8, 4) is 5.75 Å². The average molecular weight is 425 g/mol. The van der Waals surface area contributed by atoms with Crippen molar-refractivity contribution < 1.29 is 24.2 Å². The summed E-state index contributed by atoms with van der Waals surface area (Å²) in [7, 11) is 1.61. The van der Waals surface area contributed by atoms with Crippen LogP contribution in [0.2, 0.25) is 0 Å².